The van der Waals surface area contributed by atoms with Crippen LogP contribution in [0.3, 0.4) is 0 Å². The summed E-state index contributed by atoms with van der Waals surface area (Å²) < 4.78 is 0. The predicted molar refractivity (Wildman–Crippen MR) is 249 cm³/mol. The monoisotopic (exact) mass is 772 g/mol. The molecule has 0 unspecified atom stereocenters. The zero-order chi connectivity index (χ0) is 42.9. The lowest BCUT2D eigenvalue weighted by molar-refractivity contribution is 0.468. The number of phenols is 4. The van der Waals surface area contributed by atoms with E-state index in [1.165, 1.54) is 49.9 Å². The van der Waals surface area contributed by atoms with E-state index in [2.05, 4.69) is 103 Å². The summed E-state index contributed by atoms with van der Waals surface area (Å²) in [5, 5.41) is 48.3. The molecule has 0 aliphatic rings. The third-order valence-corrected chi connectivity index (χ3v) is 11.8. The highest BCUT2D eigenvalue weighted by Crippen LogP contribution is 2.35. The second-order valence-corrected chi connectivity index (χ2v) is 16.4. The number of aryl methyl sites for hydroxylation is 13. The van der Waals surface area contributed by atoms with Gasteiger partial charge in [0.05, 0.1) is 0 Å². The minimum absolute atomic E-state index is 0.390. The van der Waals surface area contributed by atoms with Crippen molar-refractivity contribution in [2.75, 3.05) is 0 Å². The van der Waals surface area contributed by atoms with Gasteiger partial charge in [0.25, 0.3) is 0 Å². The van der Waals surface area contributed by atoms with Gasteiger partial charge in [0.1, 0.15) is 23.0 Å². The molecule has 0 heterocycles. The second-order valence-electron chi connectivity index (χ2n) is 16.4. The van der Waals surface area contributed by atoms with E-state index in [1.807, 2.05) is 78.8 Å². The van der Waals surface area contributed by atoms with Crippen LogP contribution in [0.25, 0.3) is 43.1 Å². The zero-order valence-electron chi connectivity index (χ0n) is 36.9. The zero-order valence-corrected chi connectivity index (χ0v) is 36.9. The van der Waals surface area contributed by atoms with Crippen molar-refractivity contribution in [2.24, 2.45) is 0 Å². The molecule has 0 aliphatic carbocycles. The van der Waals surface area contributed by atoms with Gasteiger partial charge in [0.2, 0.25) is 0 Å². The molecule has 0 bridgehead atoms. The molecule has 0 amide bonds. The average molecular weight is 773 g/mol. The van der Waals surface area contributed by atoms with E-state index in [4.69, 9.17) is 0 Å². The third-order valence-electron chi connectivity index (χ3n) is 11.8. The Morgan fingerprint density at radius 2 is 0.741 bits per heavy atom. The highest BCUT2D eigenvalue weighted by Gasteiger charge is 2.10. The van der Waals surface area contributed by atoms with Crippen molar-refractivity contribution in [3.05, 3.63) is 163 Å². The lowest BCUT2D eigenvalue weighted by Crippen LogP contribution is -1.90. The topological polar surface area (TPSA) is 80.9 Å². The van der Waals surface area contributed by atoms with Crippen molar-refractivity contribution in [1.29, 1.82) is 0 Å². The Balaban J connectivity index is 0.000000147. The van der Waals surface area contributed by atoms with Gasteiger partial charge < -0.3 is 20.4 Å². The number of hydrogen-bond donors (Lipinski definition) is 4. The fraction of sp³-hybridized carbons (Fsp3) is 0.259. The van der Waals surface area contributed by atoms with Gasteiger partial charge in [-0.2, -0.15) is 0 Å². The molecule has 0 fully saturated rings. The first-order chi connectivity index (χ1) is 27.2. The fourth-order valence-electron chi connectivity index (χ4n) is 7.94. The Morgan fingerprint density at radius 3 is 1.36 bits per heavy atom. The summed E-state index contributed by atoms with van der Waals surface area (Å²) in [5.41, 5.74) is 16.3. The summed E-state index contributed by atoms with van der Waals surface area (Å²) in [6.07, 6.45) is 0. The molecule has 0 aromatic heterocycles. The number of fused-ring (bicyclic) bond motifs is 4. The van der Waals surface area contributed by atoms with Gasteiger partial charge in [0.15, 0.2) is 0 Å². The van der Waals surface area contributed by atoms with E-state index in [-0.39, 0.29) is 0 Å². The maximum Gasteiger partial charge on any atom is 0.123 e. The van der Waals surface area contributed by atoms with Crippen LogP contribution in [0.2, 0.25) is 0 Å². The molecule has 8 aromatic rings. The van der Waals surface area contributed by atoms with E-state index < -0.39 is 0 Å². The summed E-state index contributed by atoms with van der Waals surface area (Å²) in [6.45, 7) is 28.6. The number of phenolic OH excluding ortho intramolecular Hbond substituents is 4. The molecule has 0 saturated carbocycles. The molecule has 0 saturated heterocycles. The molecule has 0 atom stereocenters. The van der Waals surface area contributed by atoms with Gasteiger partial charge in [-0.1, -0.05) is 60.7 Å². The van der Waals surface area contributed by atoms with Gasteiger partial charge >= 0.3 is 0 Å². The Kier molecular flexibility index (Phi) is 12.8. The van der Waals surface area contributed by atoms with Crippen LogP contribution >= 0.6 is 0 Å². The number of benzene rings is 8. The normalized spacial score (nSPS) is 10.9. The first-order valence-corrected chi connectivity index (χ1v) is 20.0. The maximum absolute atomic E-state index is 9.95. The minimum Gasteiger partial charge on any atom is -0.507 e. The van der Waals surface area contributed by atoms with Gasteiger partial charge in [-0.3, -0.25) is 0 Å². The van der Waals surface area contributed by atoms with Crippen molar-refractivity contribution in [2.45, 2.75) is 96.9 Å². The molecule has 8 rings (SSSR count). The lowest BCUT2D eigenvalue weighted by atomic mass is 9.95. The quantitative estimate of drug-likeness (QED) is 0.124. The van der Waals surface area contributed by atoms with Crippen molar-refractivity contribution in [3.63, 3.8) is 0 Å². The fourth-order valence-corrected chi connectivity index (χ4v) is 7.94. The van der Waals surface area contributed by atoms with E-state index in [1.54, 1.807) is 0 Å². The van der Waals surface area contributed by atoms with Crippen molar-refractivity contribution in [3.8, 4) is 23.0 Å². The summed E-state index contributed by atoms with van der Waals surface area (Å²) in [5.74, 6) is 1.60. The Morgan fingerprint density at radius 1 is 0.276 bits per heavy atom. The van der Waals surface area contributed by atoms with E-state index in [0.29, 0.717) is 23.0 Å². The Hall–Kier alpha value is -6.00. The van der Waals surface area contributed by atoms with Crippen LogP contribution in [0.5, 0.6) is 23.0 Å². The highest BCUT2D eigenvalue weighted by atomic mass is 16.3. The number of hydrogen-bond acceptors (Lipinski definition) is 4. The number of rotatable bonds is 0. The van der Waals surface area contributed by atoms with Crippen LogP contribution in [0, 0.1) is 96.9 Å². The highest BCUT2D eigenvalue weighted by molar-refractivity contribution is 5.95. The lowest BCUT2D eigenvalue weighted by Gasteiger charge is -2.11. The van der Waals surface area contributed by atoms with Gasteiger partial charge in [-0.05, 0) is 226 Å². The SMILES string of the molecule is Cc1cc(O)c2c(C)c(C)c(C)cc2c1.Cc1cc(O)c2c(C)c(C)ccc2c1.Cc1cc(O)c2c(C)ccc(C)c2c1.Cc1cc2cc(C)c(O)c(C)c2cc1C. The minimum atomic E-state index is 0.390. The molecule has 8 aromatic carbocycles. The molecule has 4 N–H and O–H groups in total. The van der Waals surface area contributed by atoms with Crippen molar-refractivity contribution < 1.29 is 20.4 Å². The van der Waals surface area contributed by atoms with Crippen LogP contribution in [-0.4, -0.2) is 20.4 Å². The summed E-state index contributed by atoms with van der Waals surface area (Å²) >= 11 is 0. The molecule has 4 heteroatoms. The second kappa shape index (κ2) is 17.2. The standard InChI is InChI=1S/2C14H16O.2C13H14O/c1-8-5-12-6-10(3)14(15)11(4)13(12)7-9(8)2;1-8-5-12-7-9(2)10(3)11(4)14(12)13(15)6-8;1-8-6-11-5-4-9(2)10(3)13(11)12(14)7-8;1-8-6-11-9(2)4-5-10(3)13(11)12(14)7-8/h2*5-7,15H,1-4H3;2*4-7,14H,1-3H3. The van der Waals surface area contributed by atoms with Gasteiger partial charge in [0, 0.05) is 16.2 Å². The van der Waals surface area contributed by atoms with Crippen LogP contribution in [0.4, 0.5) is 0 Å². The first kappa shape index (κ1) is 43.1. The first-order valence-electron chi connectivity index (χ1n) is 20.0. The Labute approximate surface area is 345 Å². The summed E-state index contributed by atoms with van der Waals surface area (Å²) in [7, 11) is 0. The largest absolute Gasteiger partial charge is 0.507 e. The molecule has 58 heavy (non-hydrogen) atoms. The summed E-state index contributed by atoms with van der Waals surface area (Å²) in [4.78, 5) is 0. The van der Waals surface area contributed by atoms with Crippen LogP contribution < -0.4 is 0 Å². The maximum atomic E-state index is 9.95. The van der Waals surface area contributed by atoms with Crippen LogP contribution in [0.15, 0.2) is 84.9 Å². The van der Waals surface area contributed by atoms with Gasteiger partial charge in [-0.25, -0.2) is 0 Å². The molecule has 0 spiro atoms. The third kappa shape index (κ3) is 8.92. The predicted octanol–water partition coefficient (Wildman–Crippen LogP) is 14.5. The average Bonchev–Trinajstić information content (AvgIpc) is 3.14. The smallest absolute Gasteiger partial charge is 0.123 e. The molecular formula is C54H60O4. The molecule has 4 nitrogen and oxygen atoms in total. The summed E-state index contributed by atoms with van der Waals surface area (Å²) in [6, 6.07) is 28.6. The van der Waals surface area contributed by atoms with Crippen LogP contribution in [0.1, 0.15) is 77.9 Å². The molecule has 300 valence electrons. The molecule has 0 aliphatic heterocycles. The van der Waals surface area contributed by atoms with Crippen LogP contribution in [-0.2, 0) is 0 Å². The Bertz CT molecular complexity index is 2840. The van der Waals surface area contributed by atoms with Gasteiger partial charge in [-0.15, -0.1) is 0 Å². The van der Waals surface area contributed by atoms with E-state index >= 15 is 0 Å². The molecular weight excluding hydrogens is 713 g/mol. The number of aromatic hydroxyl groups is 4. The van der Waals surface area contributed by atoms with E-state index in [9.17, 15) is 20.4 Å². The van der Waals surface area contributed by atoms with Crippen molar-refractivity contribution in [1.82, 2.24) is 0 Å². The van der Waals surface area contributed by atoms with Crippen molar-refractivity contribution >= 4 is 43.1 Å². The molecule has 0 radical (unpaired) electrons. The van der Waals surface area contributed by atoms with E-state index in [0.717, 1.165) is 71.1 Å².